The van der Waals surface area contributed by atoms with E-state index in [2.05, 4.69) is 20.3 Å². The molecule has 3 heterocycles. The van der Waals surface area contributed by atoms with Gasteiger partial charge in [0.2, 0.25) is 0 Å². The third-order valence-corrected chi connectivity index (χ3v) is 6.73. The average Bonchev–Trinajstić information content (AvgIpc) is 3.35. The van der Waals surface area contributed by atoms with Crippen molar-refractivity contribution in [1.29, 1.82) is 0 Å². The highest BCUT2D eigenvalue weighted by Gasteiger charge is 2.27. The molecule has 4 rings (SSSR count). The minimum absolute atomic E-state index is 0.100. The molecule has 150 valence electrons. The lowest BCUT2D eigenvalue weighted by Gasteiger charge is -2.22. The maximum Gasteiger partial charge on any atom is 0.267 e. The normalized spacial score (nSPS) is 11.9. The van der Waals surface area contributed by atoms with Crippen LogP contribution in [0.1, 0.15) is 23.7 Å². The minimum Gasteiger partial charge on any atom is -0.277 e. The number of nitrogens with one attached hydrogen (secondary N) is 1. The fraction of sp³-hybridized carbons (Fsp3) is 0.250. The molecule has 0 aliphatic rings. The number of benzene rings is 1. The van der Waals surface area contributed by atoms with Crippen LogP contribution in [-0.4, -0.2) is 40.4 Å². The maximum absolute atomic E-state index is 13.4. The Bertz CT molecular complexity index is 1310. The Labute approximate surface area is 169 Å². The van der Waals surface area contributed by atoms with Crippen molar-refractivity contribution in [3.8, 4) is 5.82 Å². The quantitative estimate of drug-likeness (QED) is 0.545. The number of aromatic nitrogens is 5. The van der Waals surface area contributed by atoms with Gasteiger partial charge < -0.3 is 0 Å². The standard InChI is InChI=1S/C20H22N6O2S/c1-5-15-6-7-17-19(14(3)23-24-17)20(15)25(4)29(27,28)16-11-22-26(12-16)18-10-13(2)8-9-21-18/h6-12H,5H2,1-4H3,(H,23,24). The van der Waals surface area contributed by atoms with Gasteiger partial charge in [0.25, 0.3) is 10.0 Å². The van der Waals surface area contributed by atoms with Gasteiger partial charge in [0.15, 0.2) is 5.82 Å². The molecule has 9 heteroatoms. The largest absolute Gasteiger partial charge is 0.277 e. The number of hydrogen-bond donors (Lipinski definition) is 1. The fourth-order valence-corrected chi connectivity index (χ4v) is 4.61. The van der Waals surface area contributed by atoms with Gasteiger partial charge >= 0.3 is 0 Å². The highest BCUT2D eigenvalue weighted by molar-refractivity contribution is 7.92. The van der Waals surface area contributed by atoms with Crippen LogP contribution in [0.5, 0.6) is 0 Å². The fourth-order valence-electron chi connectivity index (χ4n) is 3.43. The maximum atomic E-state index is 13.4. The van der Waals surface area contributed by atoms with Crippen molar-refractivity contribution in [3.05, 3.63) is 59.7 Å². The first-order valence-electron chi connectivity index (χ1n) is 9.26. The van der Waals surface area contributed by atoms with Gasteiger partial charge in [-0.05, 0) is 49.6 Å². The molecule has 0 unspecified atom stereocenters. The van der Waals surface area contributed by atoms with Crippen molar-refractivity contribution in [2.75, 3.05) is 11.4 Å². The van der Waals surface area contributed by atoms with Crippen LogP contribution in [0.15, 0.2) is 47.8 Å². The lowest BCUT2D eigenvalue weighted by Crippen LogP contribution is -2.27. The van der Waals surface area contributed by atoms with Crippen LogP contribution in [0, 0.1) is 13.8 Å². The summed E-state index contributed by atoms with van der Waals surface area (Å²) in [7, 11) is -2.26. The van der Waals surface area contributed by atoms with E-state index in [9.17, 15) is 8.42 Å². The molecule has 0 amide bonds. The summed E-state index contributed by atoms with van der Waals surface area (Å²) >= 11 is 0. The van der Waals surface area contributed by atoms with E-state index in [0.29, 0.717) is 17.9 Å². The molecule has 1 aromatic carbocycles. The SMILES string of the molecule is CCc1ccc2[nH]nc(C)c2c1N(C)S(=O)(=O)c1cnn(-c2cc(C)ccn2)c1. The van der Waals surface area contributed by atoms with Crippen LogP contribution in [0.25, 0.3) is 16.7 Å². The molecular formula is C20H22N6O2S. The van der Waals surface area contributed by atoms with E-state index in [1.54, 1.807) is 13.2 Å². The second-order valence-electron chi connectivity index (χ2n) is 6.94. The zero-order valence-electron chi connectivity index (χ0n) is 16.7. The molecule has 4 aromatic rings. The summed E-state index contributed by atoms with van der Waals surface area (Å²) in [6, 6.07) is 7.58. The van der Waals surface area contributed by atoms with Crippen LogP contribution >= 0.6 is 0 Å². The third kappa shape index (κ3) is 3.17. The molecule has 0 radical (unpaired) electrons. The van der Waals surface area contributed by atoms with Gasteiger partial charge in [-0.15, -0.1) is 0 Å². The van der Waals surface area contributed by atoms with E-state index < -0.39 is 10.0 Å². The predicted octanol–water partition coefficient (Wildman–Crippen LogP) is 3.15. The van der Waals surface area contributed by atoms with Gasteiger partial charge in [0.05, 0.1) is 29.3 Å². The number of H-pyrrole nitrogens is 1. The Balaban J connectivity index is 1.81. The molecule has 8 nitrogen and oxygen atoms in total. The monoisotopic (exact) mass is 410 g/mol. The average molecular weight is 411 g/mol. The summed E-state index contributed by atoms with van der Waals surface area (Å²) in [5, 5.41) is 12.2. The van der Waals surface area contributed by atoms with Gasteiger partial charge in [-0.25, -0.2) is 18.1 Å². The van der Waals surface area contributed by atoms with Crippen LogP contribution in [0.2, 0.25) is 0 Å². The second-order valence-corrected chi connectivity index (χ2v) is 8.91. The van der Waals surface area contributed by atoms with Crippen LogP contribution in [0.4, 0.5) is 5.69 Å². The molecule has 29 heavy (non-hydrogen) atoms. The number of pyridine rings is 1. The first-order valence-corrected chi connectivity index (χ1v) is 10.7. The zero-order chi connectivity index (χ0) is 20.8. The summed E-state index contributed by atoms with van der Waals surface area (Å²) in [5.74, 6) is 0.566. The number of nitrogens with zero attached hydrogens (tertiary/aromatic N) is 5. The number of hydrogen-bond acceptors (Lipinski definition) is 5. The van der Waals surface area contributed by atoms with Gasteiger partial charge in [-0.3, -0.25) is 9.40 Å². The van der Waals surface area contributed by atoms with Gasteiger partial charge in [-0.2, -0.15) is 10.2 Å². The van der Waals surface area contributed by atoms with E-state index in [-0.39, 0.29) is 4.90 Å². The summed E-state index contributed by atoms with van der Waals surface area (Å²) < 4.78 is 29.6. The topological polar surface area (TPSA) is 96.8 Å². The molecule has 0 fully saturated rings. The number of fused-ring (bicyclic) bond motifs is 1. The zero-order valence-corrected chi connectivity index (χ0v) is 17.5. The third-order valence-electron chi connectivity index (χ3n) is 5.02. The first-order chi connectivity index (χ1) is 13.8. The van der Waals surface area contributed by atoms with Gasteiger partial charge in [0, 0.05) is 18.6 Å². The van der Waals surface area contributed by atoms with Crippen molar-refractivity contribution < 1.29 is 8.42 Å². The van der Waals surface area contributed by atoms with E-state index in [1.165, 1.54) is 21.4 Å². The summed E-state index contributed by atoms with van der Waals surface area (Å²) in [5.41, 5.74) is 4.14. The van der Waals surface area contributed by atoms with Crippen molar-refractivity contribution in [2.45, 2.75) is 32.1 Å². The van der Waals surface area contributed by atoms with Crippen molar-refractivity contribution in [2.24, 2.45) is 0 Å². The number of aryl methyl sites for hydroxylation is 3. The molecule has 0 aliphatic carbocycles. The molecule has 3 aromatic heterocycles. The molecule has 0 aliphatic heterocycles. The smallest absolute Gasteiger partial charge is 0.267 e. The number of rotatable bonds is 5. The Morgan fingerprint density at radius 3 is 2.72 bits per heavy atom. The Morgan fingerprint density at radius 1 is 1.21 bits per heavy atom. The van der Waals surface area contributed by atoms with E-state index >= 15 is 0 Å². The van der Waals surface area contributed by atoms with Crippen LogP contribution < -0.4 is 4.31 Å². The van der Waals surface area contributed by atoms with Crippen LogP contribution in [-0.2, 0) is 16.4 Å². The Morgan fingerprint density at radius 2 is 2.00 bits per heavy atom. The minimum atomic E-state index is -3.83. The second kappa shape index (κ2) is 7.00. The molecule has 0 atom stereocenters. The van der Waals surface area contributed by atoms with Crippen LogP contribution in [0.3, 0.4) is 0 Å². The molecule has 0 saturated carbocycles. The number of sulfonamides is 1. The molecule has 0 spiro atoms. The number of aromatic amines is 1. The van der Waals surface area contributed by atoms with Gasteiger partial charge in [-0.1, -0.05) is 13.0 Å². The number of anilines is 1. The van der Waals surface area contributed by atoms with Crippen molar-refractivity contribution in [3.63, 3.8) is 0 Å². The van der Waals surface area contributed by atoms with Crippen molar-refractivity contribution >= 4 is 26.6 Å². The summed E-state index contributed by atoms with van der Waals surface area (Å²) in [4.78, 5) is 4.36. The summed E-state index contributed by atoms with van der Waals surface area (Å²) in [6.45, 7) is 5.81. The predicted molar refractivity (Wildman–Crippen MR) is 112 cm³/mol. The van der Waals surface area contributed by atoms with E-state index in [0.717, 1.165) is 27.7 Å². The van der Waals surface area contributed by atoms with E-state index in [4.69, 9.17) is 0 Å². The van der Waals surface area contributed by atoms with E-state index in [1.807, 2.05) is 45.0 Å². The lowest BCUT2D eigenvalue weighted by molar-refractivity contribution is 0.594. The van der Waals surface area contributed by atoms with Gasteiger partial charge in [0.1, 0.15) is 4.90 Å². The molecule has 0 saturated heterocycles. The summed E-state index contributed by atoms with van der Waals surface area (Å²) in [6.07, 6.45) is 5.20. The first kappa shape index (κ1) is 19.1. The molecule has 0 bridgehead atoms. The molecule has 1 N–H and O–H groups in total. The Hall–Kier alpha value is -3.20. The Kier molecular flexibility index (Phi) is 4.62. The highest BCUT2D eigenvalue weighted by Crippen LogP contribution is 2.35. The van der Waals surface area contributed by atoms with Crippen molar-refractivity contribution in [1.82, 2.24) is 25.0 Å². The lowest BCUT2D eigenvalue weighted by atomic mass is 10.1. The molecular weight excluding hydrogens is 388 g/mol. The highest BCUT2D eigenvalue weighted by atomic mass is 32.2.